The maximum atomic E-state index is 13.5. The minimum absolute atomic E-state index is 0.0172. The number of sulfone groups is 1. The molecule has 9 nitrogen and oxygen atoms in total. The van der Waals surface area contributed by atoms with E-state index < -0.39 is 21.1 Å². The number of nitrogens with zero attached hydrogens (tertiary/aromatic N) is 5. The molecule has 0 saturated carbocycles. The molecular formula is C27H33ClFN5O4S. The molecule has 39 heavy (non-hydrogen) atoms. The standard InChI is InChI=1S/C27H33ClFN5O4S/c1-27(2,3)16-39(36,37)21-9-17-12-31-33(7-8-38-4)25(17)23(11-21)34-19-5-6-20(34)15-32(14-19)26(35)24-22(28)10-18(29)13-30-24/h9-13,19-20H,5-8,14-16H2,1-4H3/t19-,20+. The molecule has 0 spiro atoms. The van der Waals surface area contributed by atoms with Crippen LogP contribution in [-0.4, -0.2) is 78.6 Å². The lowest BCUT2D eigenvalue weighted by molar-refractivity contribution is 0.0712. The van der Waals surface area contributed by atoms with Gasteiger partial charge in [-0.15, -0.1) is 0 Å². The summed E-state index contributed by atoms with van der Waals surface area (Å²) in [5.74, 6) is -0.922. The predicted octanol–water partition coefficient (Wildman–Crippen LogP) is 4.18. The SMILES string of the molecule is COCCn1ncc2cc(S(=O)(=O)CC(C)(C)C)cc(N3[C@@H]4CC[C@H]3CN(C(=O)c3ncc(F)cc3Cl)C4)c21. The summed E-state index contributed by atoms with van der Waals surface area (Å²) in [5.41, 5.74) is 1.27. The normalized spacial score (nSPS) is 19.7. The number of hydrogen-bond donors (Lipinski definition) is 0. The Bertz CT molecular complexity index is 1510. The van der Waals surface area contributed by atoms with Gasteiger partial charge in [0.05, 0.1) is 52.4 Å². The summed E-state index contributed by atoms with van der Waals surface area (Å²) >= 11 is 6.14. The van der Waals surface area contributed by atoms with Gasteiger partial charge in [0.2, 0.25) is 0 Å². The molecule has 2 atom stereocenters. The molecule has 0 radical (unpaired) electrons. The monoisotopic (exact) mass is 577 g/mol. The van der Waals surface area contributed by atoms with Gasteiger partial charge in [0.1, 0.15) is 11.5 Å². The third-order valence-electron chi connectivity index (χ3n) is 7.23. The molecule has 1 aromatic carbocycles. The Morgan fingerprint density at radius 3 is 2.46 bits per heavy atom. The number of pyridine rings is 1. The van der Waals surface area contributed by atoms with Crippen LogP contribution >= 0.6 is 11.6 Å². The molecule has 210 valence electrons. The Kier molecular flexibility index (Phi) is 7.36. The first-order chi connectivity index (χ1) is 18.4. The molecule has 4 heterocycles. The molecule has 2 fully saturated rings. The van der Waals surface area contributed by atoms with Crippen LogP contribution in [-0.2, 0) is 21.1 Å². The first-order valence-corrected chi connectivity index (χ1v) is 15.0. The van der Waals surface area contributed by atoms with Crippen molar-refractivity contribution in [2.75, 3.05) is 37.5 Å². The predicted molar refractivity (Wildman–Crippen MR) is 148 cm³/mol. The first kappa shape index (κ1) is 27.8. The highest BCUT2D eigenvalue weighted by atomic mass is 35.5. The van der Waals surface area contributed by atoms with E-state index in [2.05, 4.69) is 15.0 Å². The summed E-state index contributed by atoms with van der Waals surface area (Å²) in [5, 5.41) is 5.28. The van der Waals surface area contributed by atoms with E-state index in [1.54, 1.807) is 30.3 Å². The molecule has 2 saturated heterocycles. The van der Waals surface area contributed by atoms with E-state index in [1.807, 2.05) is 25.5 Å². The van der Waals surface area contributed by atoms with Gasteiger partial charge >= 0.3 is 0 Å². The fourth-order valence-electron chi connectivity index (χ4n) is 5.74. The zero-order valence-electron chi connectivity index (χ0n) is 22.5. The summed E-state index contributed by atoms with van der Waals surface area (Å²) in [6.07, 6.45) is 4.37. The molecule has 5 rings (SSSR count). The van der Waals surface area contributed by atoms with Gasteiger partial charge in [-0.05, 0) is 36.5 Å². The number of rotatable bonds is 7. The molecular weight excluding hydrogens is 545 g/mol. The zero-order chi connectivity index (χ0) is 28.1. The minimum atomic E-state index is -3.57. The van der Waals surface area contributed by atoms with Crippen molar-refractivity contribution in [1.82, 2.24) is 19.7 Å². The molecule has 0 aliphatic carbocycles. The highest BCUT2D eigenvalue weighted by Gasteiger charge is 2.43. The molecule has 2 aliphatic rings. The molecule has 1 amide bonds. The van der Waals surface area contributed by atoms with Crippen molar-refractivity contribution >= 4 is 43.9 Å². The molecule has 3 aromatic rings. The fourth-order valence-corrected chi connectivity index (χ4v) is 7.88. The van der Waals surface area contributed by atoms with Gasteiger partial charge in [-0.1, -0.05) is 32.4 Å². The van der Waals surface area contributed by atoms with E-state index in [4.69, 9.17) is 16.3 Å². The zero-order valence-corrected chi connectivity index (χ0v) is 24.1. The van der Waals surface area contributed by atoms with Crippen molar-refractivity contribution < 1.29 is 22.3 Å². The van der Waals surface area contributed by atoms with Crippen molar-refractivity contribution in [1.29, 1.82) is 0 Å². The van der Waals surface area contributed by atoms with Crippen LogP contribution in [0.2, 0.25) is 5.02 Å². The van der Waals surface area contributed by atoms with Gasteiger partial charge in [-0.2, -0.15) is 5.10 Å². The fraction of sp³-hybridized carbons (Fsp3) is 0.519. The highest BCUT2D eigenvalue weighted by Crippen LogP contribution is 2.41. The number of fused-ring (bicyclic) bond motifs is 3. The van der Waals surface area contributed by atoms with E-state index in [9.17, 15) is 17.6 Å². The van der Waals surface area contributed by atoms with Crippen LogP contribution in [0.4, 0.5) is 10.1 Å². The highest BCUT2D eigenvalue weighted by molar-refractivity contribution is 7.91. The quantitative estimate of drug-likeness (QED) is 0.415. The van der Waals surface area contributed by atoms with Gasteiger partial charge in [-0.25, -0.2) is 17.8 Å². The Labute approximate surface area is 232 Å². The van der Waals surface area contributed by atoms with E-state index in [-0.39, 0.29) is 39.4 Å². The Morgan fingerprint density at radius 2 is 1.85 bits per heavy atom. The second-order valence-corrected chi connectivity index (χ2v) is 13.9. The van der Waals surface area contributed by atoms with Crippen LogP contribution in [0.15, 0.2) is 35.5 Å². The Hall–Kier alpha value is -2.76. The third-order valence-corrected chi connectivity index (χ3v) is 9.72. The van der Waals surface area contributed by atoms with Crippen LogP contribution in [0.25, 0.3) is 10.9 Å². The molecule has 0 N–H and O–H groups in total. The number of anilines is 1. The van der Waals surface area contributed by atoms with E-state index in [0.29, 0.717) is 26.2 Å². The van der Waals surface area contributed by atoms with Gasteiger partial charge < -0.3 is 14.5 Å². The summed E-state index contributed by atoms with van der Waals surface area (Å²) in [7, 11) is -1.94. The number of piperazine rings is 1. The second kappa shape index (κ2) is 10.3. The average Bonchev–Trinajstić information content (AvgIpc) is 3.37. The van der Waals surface area contributed by atoms with Crippen LogP contribution in [0.5, 0.6) is 0 Å². The van der Waals surface area contributed by atoms with E-state index in [1.165, 1.54) is 0 Å². The van der Waals surface area contributed by atoms with Crippen molar-refractivity contribution in [3.05, 3.63) is 47.1 Å². The third kappa shape index (κ3) is 5.49. The van der Waals surface area contributed by atoms with Crippen molar-refractivity contribution in [2.24, 2.45) is 5.41 Å². The summed E-state index contributed by atoms with van der Waals surface area (Å²) in [4.78, 5) is 21.5. The number of benzene rings is 1. The van der Waals surface area contributed by atoms with Crippen LogP contribution in [0.3, 0.4) is 0 Å². The van der Waals surface area contributed by atoms with E-state index in [0.717, 1.165) is 41.7 Å². The van der Waals surface area contributed by atoms with Gasteiger partial charge in [-0.3, -0.25) is 9.48 Å². The lowest BCUT2D eigenvalue weighted by Crippen LogP contribution is -2.55. The smallest absolute Gasteiger partial charge is 0.274 e. The van der Waals surface area contributed by atoms with E-state index >= 15 is 0 Å². The van der Waals surface area contributed by atoms with Crippen molar-refractivity contribution in [3.8, 4) is 0 Å². The number of ether oxygens (including phenoxy) is 1. The average molecular weight is 578 g/mol. The molecule has 0 unspecified atom stereocenters. The van der Waals surface area contributed by atoms with Crippen molar-refractivity contribution in [3.63, 3.8) is 0 Å². The van der Waals surface area contributed by atoms with Gasteiger partial charge in [0.25, 0.3) is 5.91 Å². The van der Waals surface area contributed by atoms with Gasteiger partial charge in [0, 0.05) is 37.7 Å². The topological polar surface area (TPSA) is 97.6 Å². The lowest BCUT2D eigenvalue weighted by Gasteiger charge is -2.42. The number of carbonyl (C=O) groups is 1. The molecule has 2 aromatic heterocycles. The van der Waals surface area contributed by atoms with Crippen LogP contribution in [0, 0.1) is 11.2 Å². The Balaban J connectivity index is 1.54. The molecule has 12 heteroatoms. The lowest BCUT2D eigenvalue weighted by atomic mass is 10.0. The molecule has 2 aliphatic heterocycles. The number of amides is 1. The summed E-state index contributed by atoms with van der Waals surface area (Å²) in [6.45, 7) is 7.53. The maximum Gasteiger partial charge on any atom is 0.274 e. The maximum absolute atomic E-state index is 13.5. The molecule has 2 bridgehead atoms. The van der Waals surface area contributed by atoms with Crippen molar-refractivity contribution in [2.45, 2.75) is 57.1 Å². The van der Waals surface area contributed by atoms with Crippen LogP contribution in [0.1, 0.15) is 44.1 Å². The summed E-state index contributed by atoms with van der Waals surface area (Å²) < 4.78 is 47.6. The number of hydrogen-bond acceptors (Lipinski definition) is 7. The number of carbonyl (C=O) groups excluding carboxylic acids is 1. The minimum Gasteiger partial charge on any atom is -0.383 e. The number of likely N-dealkylation sites (tertiary alicyclic amines) is 1. The number of halogens is 2. The summed E-state index contributed by atoms with van der Waals surface area (Å²) in [6, 6.07) is 4.49. The number of methoxy groups -OCH3 is 1. The number of aromatic nitrogens is 3. The first-order valence-electron chi connectivity index (χ1n) is 13.0. The van der Waals surface area contributed by atoms with Crippen LogP contribution < -0.4 is 4.90 Å². The van der Waals surface area contributed by atoms with Gasteiger partial charge in [0.15, 0.2) is 9.84 Å². The Morgan fingerprint density at radius 1 is 1.15 bits per heavy atom. The second-order valence-electron chi connectivity index (χ2n) is 11.5. The largest absolute Gasteiger partial charge is 0.383 e.